The maximum absolute atomic E-state index is 10.6. The first-order chi connectivity index (χ1) is 3.56. The van der Waals surface area contributed by atoms with Crippen molar-refractivity contribution < 1.29 is 14.2 Å². The van der Waals surface area contributed by atoms with Gasteiger partial charge in [0.15, 0.2) is 7.37 Å². The average Bonchev–Trinajstić information content (AvgIpc) is 1.59. The summed E-state index contributed by atoms with van der Waals surface area (Å²) in [7, 11) is -2.34. The highest BCUT2D eigenvalue weighted by atomic mass is 31.2. The molecule has 4 heteroatoms. The molecule has 3 nitrogen and oxygen atoms in total. The van der Waals surface area contributed by atoms with Crippen LogP contribution in [0.5, 0.6) is 0 Å². The van der Waals surface area contributed by atoms with E-state index < -0.39 is 7.37 Å². The van der Waals surface area contributed by atoms with Crippen LogP contribution in [0.15, 0.2) is 0 Å². The summed E-state index contributed by atoms with van der Waals surface area (Å²) in [5.41, 5.74) is 0. The summed E-state index contributed by atoms with van der Waals surface area (Å²) in [4.78, 5) is 0. The lowest BCUT2D eigenvalue weighted by molar-refractivity contribution is 0.205. The van der Waals surface area contributed by atoms with Crippen LogP contribution in [-0.4, -0.2) is 31.6 Å². The minimum Gasteiger partial charge on any atom is -0.394 e. The first kappa shape index (κ1) is 8.15. The average molecular weight is 138 g/mol. The van der Waals surface area contributed by atoms with E-state index in [0.717, 1.165) is 0 Å². The van der Waals surface area contributed by atoms with Gasteiger partial charge in [-0.3, -0.25) is 4.57 Å². The van der Waals surface area contributed by atoms with Crippen molar-refractivity contribution in [2.24, 2.45) is 0 Å². The van der Waals surface area contributed by atoms with Gasteiger partial charge in [-0.25, -0.2) is 0 Å². The molecule has 0 unspecified atom stereocenters. The van der Waals surface area contributed by atoms with E-state index in [9.17, 15) is 4.57 Å². The highest BCUT2D eigenvalue weighted by Gasteiger charge is 2.03. The van der Waals surface area contributed by atoms with E-state index in [0.29, 0.717) is 0 Å². The molecule has 0 aromatic rings. The largest absolute Gasteiger partial charge is 0.394 e. The third-order valence-corrected chi connectivity index (χ3v) is 1.30. The molecular formula is C4H11O3P. The molecule has 0 bridgehead atoms. The number of hydrogen-bond acceptors (Lipinski definition) is 3. The van der Waals surface area contributed by atoms with Crippen molar-refractivity contribution in [3.05, 3.63) is 0 Å². The van der Waals surface area contributed by atoms with E-state index in [1.165, 1.54) is 13.3 Å². The second-order valence-electron chi connectivity index (χ2n) is 1.81. The lowest BCUT2D eigenvalue weighted by Crippen LogP contribution is -1.95. The normalized spacial score (nSPS) is 11.9. The van der Waals surface area contributed by atoms with Gasteiger partial charge in [0.2, 0.25) is 0 Å². The lowest BCUT2D eigenvalue weighted by Gasteiger charge is -2.04. The molecule has 0 aliphatic carbocycles. The molecule has 0 atom stereocenters. The lowest BCUT2D eigenvalue weighted by atomic mass is 10.8. The Labute approximate surface area is 49.1 Å². The Morgan fingerprint density at radius 1 is 1.62 bits per heavy atom. The van der Waals surface area contributed by atoms with E-state index in [2.05, 4.69) is 4.52 Å². The van der Waals surface area contributed by atoms with E-state index in [1.807, 2.05) is 0 Å². The molecule has 0 amide bonds. The Bertz CT molecular complexity index is 95.5. The van der Waals surface area contributed by atoms with E-state index in [4.69, 9.17) is 5.11 Å². The predicted molar refractivity (Wildman–Crippen MR) is 32.5 cm³/mol. The molecule has 0 rings (SSSR count). The van der Waals surface area contributed by atoms with Gasteiger partial charge >= 0.3 is 0 Å². The number of aliphatic hydroxyl groups excluding tert-OH is 1. The molecule has 50 valence electrons. The zero-order valence-corrected chi connectivity index (χ0v) is 6.02. The SMILES string of the molecule is CP(C)(=O)OCCO. The molecule has 0 aliphatic rings. The summed E-state index contributed by atoms with van der Waals surface area (Å²) in [5, 5.41) is 8.18. The van der Waals surface area contributed by atoms with Gasteiger partial charge in [0, 0.05) is 13.3 Å². The maximum atomic E-state index is 10.6. The first-order valence-electron chi connectivity index (χ1n) is 2.36. The zero-order chi connectivity index (χ0) is 6.62. The molecule has 0 radical (unpaired) electrons. The van der Waals surface area contributed by atoms with Crippen molar-refractivity contribution in [2.45, 2.75) is 0 Å². The van der Waals surface area contributed by atoms with Gasteiger partial charge in [0.05, 0.1) is 13.2 Å². The molecule has 8 heavy (non-hydrogen) atoms. The molecule has 0 saturated carbocycles. The van der Waals surface area contributed by atoms with Crippen LogP contribution in [-0.2, 0) is 9.09 Å². The van der Waals surface area contributed by atoms with Crippen LogP contribution >= 0.6 is 7.37 Å². The maximum Gasteiger partial charge on any atom is 0.197 e. The topological polar surface area (TPSA) is 46.5 Å². The van der Waals surface area contributed by atoms with Gasteiger partial charge in [-0.1, -0.05) is 0 Å². The minimum atomic E-state index is -2.34. The van der Waals surface area contributed by atoms with Crippen LogP contribution in [0.25, 0.3) is 0 Å². The third kappa shape index (κ3) is 6.15. The van der Waals surface area contributed by atoms with Gasteiger partial charge in [0.25, 0.3) is 0 Å². The number of rotatable bonds is 3. The Morgan fingerprint density at radius 2 is 2.12 bits per heavy atom. The summed E-state index contributed by atoms with van der Waals surface area (Å²) < 4.78 is 15.3. The van der Waals surface area contributed by atoms with Crippen LogP contribution < -0.4 is 0 Å². The van der Waals surface area contributed by atoms with Crippen LogP contribution in [0.3, 0.4) is 0 Å². The van der Waals surface area contributed by atoms with Crippen LogP contribution in [0.4, 0.5) is 0 Å². The van der Waals surface area contributed by atoms with Crippen LogP contribution in [0.1, 0.15) is 0 Å². The second-order valence-corrected chi connectivity index (χ2v) is 4.57. The van der Waals surface area contributed by atoms with Gasteiger partial charge < -0.3 is 9.63 Å². The Hall–Kier alpha value is 0.150. The Kier molecular flexibility index (Phi) is 3.29. The molecule has 1 N–H and O–H groups in total. The van der Waals surface area contributed by atoms with Gasteiger partial charge in [-0.15, -0.1) is 0 Å². The van der Waals surface area contributed by atoms with Crippen LogP contribution in [0, 0.1) is 0 Å². The number of aliphatic hydroxyl groups is 1. The Balaban J connectivity index is 3.26. The second kappa shape index (κ2) is 3.23. The molecular weight excluding hydrogens is 127 g/mol. The van der Waals surface area contributed by atoms with E-state index >= 15 is 0 Å². The first-order valence-corrected chi connectivity index (χ1v) is 4.88. The highest BCUT2D eigenvalue weighted by Crippen LogP contribution is 2.36. The van der Waals surface area contributed by atoms with Crippen molar-refractivity contribution in [1.29, 1.82) is 0 Å². The number of hydrogen-bond donors (Lipinski definition) is 1. The van der Waals surface area contributed by atoms with Gasteiger partial charge in [-0.2, -0.15) is 0 Å². The van der Waals surface area contributed by atoms with Crippen molar-refractivity contribution in [3.8, 4) is 0 Å². The summed E-state index contributed by atoms with van der Waals surface area (Å²) in [6, 6.07) is 0. The molecule has 0 fully saturated rings. The smallest absolute Gasteiger partial charge is 0.197 e. The third-order valence-electron chi connectivity index (χ3n) is 0.493. The highest BCUT2D eigenvalue weighted by molar-refractivity contribution is 7.57. The molecule has 0 aliphatic heterocycles. The molecule has 0 heterocycles. The van der Waals surface area contributed by atoms with Gasteiger partial charge in [0.1, 0.15) is 0 Å². The quantitative estimate of drug-likeness (QED) is 0.578. The predicted octanol–water partition coefficient (Wildman–Crippen LogP) is 0.533. The van der Waals surface area contributed by atoms with Crippen molar-refractivity contribution in [1.82, 2.24) is 0 Å². The van der Waals surface area contributed by atoms with Crippen molar-refractivity contribution >= 4 is 7.37 Å². The summed E-state index contributed by atoms with van der Waals surface area (Å²) in [6.45, 7) is 3.14. The molecule has 0 aromatic carbocycles. The standard InChI is InChI=1S/C4H11O3P/c1-8(2,6)7-4-3-5/h5H,3-4H2,1-2H3. The fraction of sp³-hybridized carbons (Fsp3) is 1.00. The monoisotopic (exact) mass is 138 g/mol. The van der Waals surface area contributed by atoms with E-state index in [1.54, 1.807) is 0 Å². The minimum absolute atomic E-state index is 0.0638. The fourth-order valence-electron chi connectivity index (χ4n) is 0.261. The molecule has 0 spiro atoms. The fourth-order valence-corrected chi connectivity index (χ4v) is 0.782. The van der Waals surface area contributed by atoms with Crippen LogP contribution in [0.2, 0.25) is 0 Å². The van der Waals surface area contributed by atoms with Gasteiger partial charge in [-0.05, 0) is 0 Å². The molecule has 0 aromatic heterocycles. The summed E-state index contributed by atoms with van der Waals surface area (Å²) in [5.74, 6) is 0. The summed E-state index contributed by atoms with van der Waals surface area (Å²) >= 11 is 0. The zero-order valence-electron chi connectivity index (χ0n) is 5.13. The Morgan fingerprint density at radius 3 is 2.25 bits per heavy atom. The van der Waals surface area contributed by atoms with E-state index in [-0.39, 0.29) is 13.2 Å². The molecule has 0 saturated heterocycles. The van der Waals surface area contributed by atoms with Crippen molar-refractivity contribution in [3.63, 3.8) is 0 Å². The van der Waals surface area contributed by atoms with Crippen molar-refractivity contribution in [2.75, 3.05) is 26.5 Å². The summed E-state index contributed by atoms with van der Waals surface area (Å²) in [6.07, 6.45) is 0.